The Balaban J connectivity index is 3.25. The lowest BCUT2D eigenvalue weighted by Gasteiger charge is -2.09. The van der Waals surface area contributed by atoms with Crippen molar-refractivity contribution < 1.29 is 13.5 Å². The number of methoxy groups -OCH3 is 1. The van der Waals surface area contributed by atoms with Crippen molar-refractivity contribution in [1.29, 1.82) is 0 Å². The van der Waals surface area contributed by atoms with Crippen LogP contribution in [0.3, 0.4) is 0 Å². The van der Waals surface area contributed by atoms with Crippen LogP contribution >= 0.6 is 15.9 Å². The Morgan fingerprint density at radius 1 is 1.38 bits per heavy atom. The molecule has 1 aromatic rings. The lowest BCUT2D eigenvalue weighted by Crippen LogP contribution is -1.93. The third kappa shape index (κ3) is 2.18. The number of ether oxygens (including phenoxy) is 1. The smallest absolute Gasteiger partial charge is 0.267 e. The molecule has 0 amide bonds. The van der Waals surface area contributed by atoms with Gasteiger partial charge in [0.1, 0.15) is 5.75 Å². The molecule has 0 N–H and O–H groups in total. The van der Waals surface area contributed by atoms with E-state index in [4.69, 9.17) is 4.74 Å². The summed E-state index contributed by atoms with van der Waals surface area (Å²) in [5.41, 5.74) is 0.708. The van der Waals surface area contributed by atoms with E-state index in [2.05, 4.69) is 15.9 Å². The molecule has 4 heteroatoms. The number of aryl methyl sites for hydroxylation is 1. The Morgan fingerprint density at radius 2 is 2.00 bits per heavy atom. The third-order valence-electron chi connectivity index (χ3n) is 1.75. The molecule has 1 rings (SSSR count). The summed E-state index contributed by atoms with van der Waals surface area (Å²) < 4.78 is 30.5. The van der Waals surface area contributed by atoms with Crippen molar-refractivity contribution in [2.24, 2.45) is 0 Å². The number of hydrogen-bond acceptors (Lipinski definition) is 1. The fourth-order valence-electron chi connectivity index (χ4n) is 1.03. The predicted molar refractivity (Wildman–Crippen MR) is 50.4 cm³/mol. The lowest BCUT2D eigenvalue weighted by molar-refractivity contribution is 0.147. The average Bonchev–Trinajstić information content (AvgIpc) is 2.08. The van der Waals surface area contributed by atoms with Gasteiger partial charge in [0.15, 0.2) is 0 Å². The summed E-state index contributed by atoms with van der Waals surface area (Å²) in [5.74, 6) is 0.215. The Kier molecular flexibility index (Phi) is 3.25. The summed E-state index contributed by atoms with van der Waals surface area (Å²) in [6.45, 7) is 1.76. The molecule has 0 bridgehead atoms. The summed E-state index contributed by atoms with van der Waals surface area (Å²) in [7, 11) is 1.38. The molecular formula is C9H9BrF2O. The van der Waals surface area contributed by atoms with Crippen molar-refractivity contribution in [2.75, 3.05) is 7.11 Å². The first-order chi connectivity index (χ1) is 6.06. The van der Waals surface area contributed by atoms with Gasteiger partial charge < -0.3 is 4.74 Å². The zero-order valence-corrected chi connectivity index (χ0v) is 8.86. The molecule has 0 aromatic heterocycles. The topological polar surface area (TPSA) is 9.23 Å². The maximum absolute atomic E-state index is 12.4. The van der Waals surface area contributed by atoms with Gasteiger partial charge in [-0.05, 0) is 24.6 Å². The number of halogens is 3. The molecule has 72 valence electrons. The maximum Gasteiger partial charge on any atom is 0.267 e. The van der Waals surface area contributed by atoms with E-state index in [1.807, 2.05) is 0 Å². The van der Waals surface area contributed by atoms with Gasteiger partial charge in [0.25, 0.3) is 6.43 Å². The highest BCUT2D eigenvalue weighted by molar-refractivity contribution is 9.10. The SMILES string of the molecule is COc1cc(Br)c(C)cc1C(F)F. The van der Waals surface area contributed by atoms with E-state index in [0.717, 1.165) is 10.0 Å². The average molecular weight is 251 g/mol. The highest BCUT2D eigenvalue weighted by Crippen LogP contribution is 2.33. The van der Waals surface area contributed by atoms with Crippen molar-refractivity contribution in [2.45, 2.75) is 13.3 Å². The zero-order chi connectivity index (χ0) is 10.0. The van der Waals surface area contributed by atoms with Gasteiger partial charge in [-0.1, -0.05) is 15.9 Å². The summed E-state index contributed by atoms with van der Waals surface area (Å²) >= 11 is 3.25. The van der Waals surface area contributed by atoms with E-state index in [1.165, 1.54) is 13.2 Å². The highest BCUT2D eigenvalue weighted by atomic mass is 79.9. The third-order valence-corrected chi connectivity index (χ3v) is 2.60. The first-order valence-electron chi connectivity index (χ1n) is 3.68. The van der Waals surface area contributed by atoms with Crippen LogP contribution in [0.5, 0.6) is 5.75 Å². The second kappa shape index (κ2) is 4.05. The fourth-order valence-corrected chi connectivity index (χ4v) is 1.36. The summed E-state index contributed by atoms with van der Waals surface area (Å²) in [4.78, 5) is 0. The van der Waals surface area contributed by atoms with Crippen LogP contribution in [0.25, 0.3) is 0 Å². The molecule has 0 aliphatic carbocycles. The fraction of sp³-hybridized carbons (Fsp3) is 0.333. The number of benzene rings is 1. The van der Waals surface area contributed by atoms with Gasteiger partial charge in [0.2, 0.25) is 0 Å². The molecule has 0 aliphatic rings. The first kappa shape index (κ1) is 10.4. The van der Waals surface area contributed by atoms with Crippen molar-refractivity contribution >= 4 is 15.9 Å². The molecule has 13 heavy (non-hydrogen) atoms. The minimum atomic E-state index is -2.50. The standard InChI is InChI=1S/C9H9BrF2O/c1-5-3-6(9(11)12)8(13-2)4-7(5)10/h3-4,9H,1-2H3. The van der Waals surface area contributed by atoms with Gasteiger partial charge in [-0.3, -0.25) is 0 Å². The Morgan fingerprint density at radius 3 is 2.46 bits per heavy atom. The van der Waals surface area contributed by atoms with Crippen molar-refractivity contribution in [3.63, 3.8) is 0 Å². The Hall–Kier alpha value is -0.640. The molecule has 0 saturated carbocycles. The molecule has 0 heterocycles. The molecule has 0 saturated heterocycles. The lowest BCUT2D eigenvalue weighted by atomic mass is 10.1. The van der Waals surface area contributed by atoms with Crippen LogP contribution in [-0.4, -0.2) is 7.11 Å². The van der Waals surface area contributed by atoms with E-state index in [-0.39, 0.29) is 11.3 Å². The quantitative estimate of drug-likeness (QED) is 0.778. The largest absolute Gasteiger partial charge is 0.496 e. The van der Waals surface area contributed by atoms with Crippen LogP contribution < -0.4 is 4.74 Å². The van der Waals surface area contributed by atoms with Crippen molar-refractivity contribution in [1.82, 2.24) is 0 Å². The molecule has 0 atom stereocenters. The number of rotatable bonds is 2. The predicted octanol–water partition coefficient (Wildman–Crippen LogP) is 3.70. The van der Waals surface area contributed by atoms with Gasteiger partial charge in [0.05, 0.1) is 12.7 Å². The Labute approximate surface area is 83.8 Å². The summed E-state index contributed by atoms with van der Waals surface area (Å²) in [6, 6.07) is 2.98. The van der Waals surface area contributed by atoms with E-state index in [0.29, 0.717) is 0 Å². The minimum absolute atomic E-state index is 0.0665. The molecule has 0 unspecified atom stereocenters. The molecule has 0 radical (unpaired) electrons. The molecule has 1 nitrogen and oxygen atoms in total. The van der Waals surface area contributed by atoms with Crippen LogP contribution in [0.4, 0.5) is 8.78 Å². The first-order valence-corrected chi connectivity index (χ1v) is 4.47. The van der Waals surface area contributed by atoms with E-state index in [1.54, 1.807) is 13.0 Å². The van der Waals surface area contributed by atoms with Gasteiger partial charge in [-0.25, -0.2) is 8.78 Å². The molecular weight excluding hydrogens is 242 g/mol. The molecule has 0 aliphatic heterocycles. The second-order valence-corrected chi connectivity index (χ2v) is 3.50. The van der Waals surface area contributed by atoms with Gasteiger partial charge in [0, 0.05) is 4.47 Å². The number of alkyl halides is 2. The van der Waals surface area contributed by atoms with Crippen molar-refractivity contribution in [3.05, 3.63) is 27.7 Å². The number of hydrogen-bond donors (Lipinski definition) is 0. The maximum atomic E-state index is 12.4. The summed E-state index contributed by atoms with van der Waals surface area (Å²) in [5, 5.41) is 0. The van der Waals surface area contributed by atoms with Crippen LogP contribution in [0, 0.1) is 6.92 Å². The molecule has 1 aromatic carbocycles. The van der Waals surface area contributed by atoms with Gasteiger partial charge in [-0.2, -0.15) is 0 Å². The Bertz CT molecular complexity index is 313. The monoisotopic (exact) mass is 250 g/mol. The summed E-state index contributed by atoms with van der Waals surface area (Å²) in [6.07, 6.45) is -2.50. The zero-order valence-electron chi connectivity index (χ0n) is 7.27. The minimum Gasteiger partial charge on any atom is -0.496 e. The van der Waals surface area contributed by atoms with E-state index >= 15 is 0 Å². The van der Waals surface area contributed by atoms with E-state index < -0.39 is 6.43 Å². The van der Waals surface area contributed by atoms with Crippen molar-refractivity contribution in [3.8, 4) is 5.75 Å². The normalized spacial score (nSPS) is 10.6. The second-order valence-electron chi connectivity index (χ2n) is 2.64. The van der Waals surface area contributed by atoms with E-state index in [9.17, 15) is 8.78 Å². The van der Waals surface area contributed by atoms with Gasteiger partial charge >= 0.3 is 0 Å². The van der Waals surface area contributed by atoms with Crippen LogP contribution in [0.15, 0.2) is 16.6 Å². The van der Waals surface area contributed by atoms with Crippen LogP contribution in [-0.2, 0) is 0 Å². The molecule has 0 spiro atoms. The van der Waals surface area contributed by atoms with Crippen LogP contribution in [0.2, 0.25) is 0 Å². The van der Waals surface area contributed by atoms with Gasteiger partial charge in [-0.15, -0.1) is 0 Å². The van der Waals surface area contributed by atoms with Crippen LogP contribution in [0.1, 0.15) is 17.6 Å². The molecule has 0 fully saturated rings. The highest BCUT2D eigenvalue weighted by Gasteiger charge is 2.15.